The molecule has 0 spiro atoms. The Kier molecular flexibility index (Phi) is 2.64. The summed E-state index contributed by atoms with van der Waals surface area (Å²) in [6, 6.07) is 8.86. The molecule has 0 N–H and O–H groups in total. The lowest BCUT2D eigenvalue weighted by Crippen LogP contribution is -2.05. The predicted molar refractivity (Wildman–Crippen MR) is 69.2 cm³/mol. The zero-order valence-electron chi connectivity index (χ0n) is 10.4. The maximum Gasteiger partial charge on any atom is 0.0994 e. The Labute approximate surface area is 107 Å². The molecule has 0 amide bonds. The number of nitriles is 1. The van der Waals surface area contributed by atoms with Gasteiger partial charge in [0, 0.05) is 11.9 Å². The molecule has 1 aliphatic heterocycles. The molecular weight excluding hydrogens is 222 g/mol. The van der Waals surface area contributed by atoms with E-state index in [4.69, 9.17) is 5.26 Å². The minimum absolute atomic E-state index is 0.389. The molecular formula is C15H15N3. The highest BCUT2D eigenvalue weighted by Crippen LogP contribution is 2.32. The SMILES string of the molecule is CCc1cc(C2CCc3cncn32)ccc1C#N. The standard InChI is InChI=1S/C15H15N3/c1-2-11-7-12(3-4-13(11)8-16)15-6-5-14-9-17-10-18(14)15/h3-4,7,9-10,15H,2,5-6H2,1H3. The molecule has 2 heterocycles. The molecule has 3 heteroatoms. The number of hydrogen-bond acceptors (Lipinski definition) is 2. The molecule has 1 atom stereocenters. The van der Waals surface area contributed by atoms with Crippen LogP contribution >= 0.6 is 0 Å². The number of nitrogens with zero attached hydrogens (tertiary/aromatic N) is 3. The zero-order chi connectivity index (χ0) is 12.5. The van der Waals surface area contributed by atoms with Crippen LogP contribution in [-0.2, 0) is 12.8 Å². The maximum atomic E-state index is 9.07. The van der Waals surface area contributed by atoms with Crippen LogP contribution in [0, 0.1) is 11.3 Å². The fraction of sp³-hybridized carbons (Fsp3) is 0.333. The Bertz CT molecular complexity index is 619. The Balaban J connectivity index is 2.02. The maximum absolute atomic E-state index is 9.07. The largest absolute Gasteiger partial charge is 0.327 e. The monoisotopic (exact) mass is 237 g/mol. The van der Waals surface area contributed by atoms with Gasteiger partial charge < -0.3 is 4.57 Å². The molecule has 0 saturated heterocycles. The number of fused-ring (bicyclic) bond motifs is 1. The van der Waals surface area contributed by atoms with Crippen LogP contribution in [0.4, 0.5) is 0 Å². The van der Waals surface area contributed by atoms with Crippen molar-refractivity contribution in [1.29, 1.82) is 5.26 Å². The van der Waals surface area contributed by atoms with Gasteiger partial charge in [0.25, 0.3) is 0 Å². The summed E-state index contributed by atoms with van der Waals surface area (Å²) in [7, 11) is 0. The van der Waals surface area contributed by atoms with Gasteiger partial charge in [-0.05, 0) is 36.5 Å². The third kappa shape index (κ3) is 1.62. The van der Waals surface area contributed by atoms with Crippen molar-refractivity contribution in [3.8, 4) is 6.07 Å². The molecule has 3 nitrogen and oxygen atoms in total. The Morgan fingerprint density at radius 1 is 1.50 bits per heavy atom. The van der Waals surface area contributed by atoms with Gasteiger partial charge in [-0.2, -0.15) is 5.26 Å². The predicted octanol–water partition coefficient (Wildman–Crippen LogP) is 2.85. The quantitative estimate of drug-likeness (QED) is 0.806. The fourth-order valence-electron chi connectivity index (χ4n) is 2.78. The third-order valence-electron chi connectivity index (χ3n) is 3.77. The van der Waals surface area contributed by atoms with E-state index < -0.39 is 0 Å². The number of rotatable bonds is 2. The van der Waals surface area contributed by atoms with Gasteiger partial charge in [0.05, 0.1) is 24.0 Å². The lowest BCUT2D eigenvalue weighted by molar-refractivity contribution is 0.615. The van der Waals surface area contributed by atoms with Gasteiger partial charge >= 0.3 is 0 Å². The molecule has 1 aromatic heterocycles. The number of hydrogen-bond donors (Lipinski definition) is 0. The van der Waals surface area contributed by atoms with Crippen LogP contribution in [-0.4, -0.2) is 9.55 Å². The van der Waals surface area contributed by atoms with Crippen molar-refractivity contribution in [3.63, 3.8) is 0 Å². The van der Waals surface area contributed by atoms with Crippen LogP contribution in [0.25, 0.3) is 0 Å². The summed E-state index contributed by atoms with van der Waals surface area (Å²) >= 11 is 0. The number of aromatic nitrogens is 2. The van der Waals surface area contributed by atoms with Crippen LogP contribution in [0.15, 0.2) is 30.7 Å². The average Bonchev–Trinajstić information content (AvgIpc) is 3.00. The van der Waals surface area contributed by atoms with Crippen LogP contribution < -0.4 is 0 Å². The van der Waals surface area contributed by atoms with E-state index in [2.05, 4.69) is 34.7 Å². The fourth-order valence-corrected chi connectivity index (χ4v) is 2.78. The molecule has 0 fully saturated rings. The van der Waals surface area contributed by atoms with Crippen LogP contribution in [0.3, 0.4) is 0 Å². The molecule has 18 heavy (non-hydrogen) atoms. The normalized spacial score (nSPS) is 17.4. The molecule has 0 bridgehead atoms. The minimum atomic E-state index is 0.389. The molecule has 0 saturated carbocycles. The van der Waals surface area contributed by atoms with Crippen molar-refractivity contribution < 1.29 is 0 Å². The first-order chi connectivity index (χ1) is 8.83. The molecule has 90 valence electrons. The van der Waals surface area contributed by atoms with E-state index in [-0.39, 0.29) is 0 Å². The highest BCUT2D eigenvalue weighted by atomic mass is 15.1. The van der Waals surface area contributed by atoms with Crippen molar-refractivity contribution in [2.24, 2.45) is 0 Å². The second kappa shape index (κ2) is 4.30. The van der Waals surface area contributed by atoms with Crippen molar-refractivity contribution in [2.45, 2.75) is 32.2 Å². The summed E-state index contributed by atoms with van der Waals surface area (Å²) in [6.07, 6.45) is 6.99. The molecule has 0 aliphatic carbocycles. The summed E-state index contributed by atoms with van der Waals surface area (Å²) in [5, 5.41) is 9.07. The van der Waals surface area contributed by atoms with Gasteiger partial charge in [0.15, 0.2) is 0 Å². The molecule has 1 aromatic carbocycles. The topological polar surface area (TPSA) is 41.6 Å². The Morgan fingerprint density at radius 3 is 3.17 bits per heavy atom. The first-order valence-corrected chi connectivity index (χ1v) is 6.37. The number of aryl methyl sites for hydroxylation is 2. The van der Waals surface area contributed by atoms with E-state index in [1.807, 2.05) is 18.6 Å². The van der Waals surface area contributed by atoms with Crippen molar-refractivity contribution in [1.82, 2.24) is 9.55 Å². The van der Waals surface area contributed by atoms with Crippen LogP contribution in [0.5, 0.6) is 0 Å². The Hall–Kier alpha value is -2.08. The van der Waals surface area contributed by atoms with Gasteiger partial charge in [-0.15, -0.1) is 0 Å². The van der Waals surface area contributed by atoms with Crippen molar-refractivity contribution >= 4 is 0 Å². The summed E-state index contributed by atoms with van der Waals surface area (Å²) in [6.45, 7) is 2.09. The second-order valence-corrected chi connectivity index (χ2v) is 4.73. The van der Waals surface area contributed by atoms with Gasteiger partial charge in [-0.1, -0.05) is 19.1 Å². The van der Waals surface area contributed by atoms with Gasteiger partial charge in [-0.25, -0.2) is 4.98 Å². The number of benzene rings is 1. The summed E-state index contributed by atoms with van der Waals surface area (Å²) < 4.78 is 2.25. The summed E-state index contributed by atoms with van der Waals surface area (Å²) in [4.78, 5) is 4.21. The first-order valence-electron chi connectivity index (χ1n) is 6.37. The molecule has 1 unspecified atom stereocenters. The van der Waals surface area contributed by atoms with Gasteiger partial charge in [0.1, 0.15) is 0 Å². The van der Waals surface area contributed by atoms with Gasteiger partial charge in [0.2, 0.25) is 0 Å². The van der Waals surface area contributed by atoms with Crippen molar-refractivity contribution in [2.75, 3.05) is 0 Å². The van der Waals surface area contributed by atoms with E-state index in [9.17, 15) is 0 Å². The zero-order valence-corrected chi connectivity index (χ0v) is 10.4. The van der Waals surface area contributed by atoms with Crippen molar-refractivity contribution in [3.05, 3.63) is 53.1 Å². The van der Waals surface area contributed by atoms with Crippen LogP contribution in [0.2, 0.25) is 0 Å². The lowest BCUT2D eigenvalue weighted by atomic mass is 9.97. The molecule has 3 rings (SSSR count). The molecule has 2 aromatic rings. The minimum Gasteiger partial charge on any atom is -0.327 e. The molecule has 1 aliphatic rings. The first kappa shape index (κ1) is 11.0. The van der Waals surface area contributed by atoms with E-state index in [1.54, 1.807) is 0 Å². The molecule has 0 radical (unpaired) electrons. The highest BCUT2D eigenvalue weighted by Gasteiger charge is 2.23. The van der Waals surface area contributed by atoms with E-state index in [0.717, 1.165) is 30.4 Å². The third-order valence-corrected chi connectivity index (χ3v) is 3.77. The Morgan fingerprint density at radius 2 is 2.39 bits per heavy atom. The van der Waals surface area contributed by atoms with Gasteiger partial charge in [-0.3, -0.25) is 0 Å². The smallest absolute Gasteiger partial charge is 0.0994 e. The summed E-state index contributed by atoms with van der Waals surface area (Å²) in [5.41, 5.74) is 4.54. The number of imidazole rings is 1. The lowest BCUT2D eigenvalue weighted by Gasteiger charge is -2.15. The van der Waals surface area contributed by atoms with E-state index >= 15 is 0 Å². The second-order valence-electron chi connectivity index (χ2n) is 4.73. The average molecular weight is 237 g/mol. The highest BCUT2D eigenvalue weighted by molar-refractivity contribution is 5.41. The van der Waals surface area contributed by atoms with Crippen LogP contribution in [0.1, 0.15) is 41.8 Å². The van der Waals surface area contributed by atoms with E-state index in [0.29, 0.717) is 6.04 Å². The summed E-state index contributed by atoms with van der Waals surface area (Å²) in [5.74, 6) is 0. The van der Waals surface area contributed by atoms with E-state index in [1.165, 1.54) is 11.3 Å².